The average molecular weight is 820 g/mol. The number of allylic oxidation sites excluding steroid dienone is 5. The smallest absolute Gasteiger partial charge is 0.159 e. The number of amidine groups is 2. The molecule has 1 N–H and O–H groups in total. The van der Waals surface area contributed by atoms with Crippen molar-refractivity contribution in [2.75, 3.05) is 0 Å². The zero-order chi connectivity index (χ0) is 41.9. The van der Waals surface area contributed by atoms with Gasteiger partial charge in [0, 0.05) is 38.0 Å². The minimum absolute atomic E-state index is 0.0327. The van der Waals surface area contributed by atoms with Gasteiger partial charge in [-0.3, -0.25) is 0 Å². The van der Waals surface area contributed by atoms with Crippen LogP contribution in [0.4, 0.5) is 0 Å². The molecule has 12 rings (SSSR count). The van der Waals surface area contributed by atoms with E-state index in [1.165, 1.54) is 76.2 Å². The summed E-state index contributed by atoms with van der Waals surface area (Å²) in [7, 11) is 0. The number of hydrogen-bond acceptors (Lipinski definition) is 4. The van der Waals surface area contributed by atoms with Crippen molar-refractivity contribution in [3.05, 3.63) is 213 Å². The lowest BCUT2D eigenvalue weighted by atomic mass is 9.68. The normalized spacial score (nSPS) is 22.1. The zero-order valence-electron chi connectivity index (χ0n) is 35.9. The largest absolute Gasteiger partial charge is 0.344 e. The topological polar surface area (TPSA) is 36.8 Å². The molecule has 1 aliphatic heterocycles. The van der Waals surface area contributed by atoms with E-state index in [0.29, 0.717) is 17.8 Å². The molecule has 0 saturated heterocycles. The molecule has 0 saturated carbocycles. The number of aliphatic imine (C=N–C) groups is 2. The van der Waals surface area contributed by atoms with Crippen LogP contribution < -0.4 is 5.32 Å². The van der Waals surface area contributed by atoms with Gasteiger partial charge >= 0.3 is 0 Å². The van der Waals surface area contributed by atoms with Gasteiger partial charge in [0.1, 0.15) is 12.0 Å². The molecule has 0 radical (unpaired) electrons. The number of rotatable bonds is 5. The van der Waals surface area contributed by atoms with E-state index in [0.717, 1.165) is 34.8 Å². The quantitative estimate of drug-likeness (QED) is 0.185. The first-order valence-corrected chi connectivity index (χ1v) is 23.0. The van der Waals surface area contributed by atoms with E-state index < -0.39 is 0 Å². The highest BCUT2D eigenvalue weighted by atomic mass is 32.1. The van der Waals surface area contributed by atoms with Crippen LogP contribution in [0.2, 0.25) is 0 Å². The van der Waals surface area contributed by atoms with Gasteiger partial charge in [0.2, 0.25) is 0 Å². The van der Waals surface area contributed by atoms with Crippen molar-refractivity contribution in [2.24, 2.45) is 21.8 Å². The molecule has 0 spiro atoms. The van der Waals surface area contributed by atoms with Gasteiger partial charge in [0.05, 0.1) is 0 Å². The van der Waals surface area contributed by atoms with Crippen LogP contribution in [0.25, 0.3) is 44.0 Å². The number of nitrogens with zero attached hydrogens (tertiary/aromatic N) is 2. The molecular weight excluding hydrogens is 771 g/mol. The molecule has 3 nitrogen and oxygen atoms in total. The molecule has 4 aliphatic carbocycles. The Labute approximate surface area is 369 Å². The fourth-order valence-corrected chi connectivity index (χ4v) is 13.0. The van der Waals surface area contributed by atoms with Crippen LogP contribution in [-0.4, -0.2) is 11.7 Å². The molecule has 0 bridgehead atoms. The first-order chi connectivity index (χ1) is 30.1. The third kappa shape index (κ3) is 5.62. The van der Waals surface area contributed by atoms with Gasteiger partial charge < -0.3 is 5.32 Å². The summed E-state index contributed by atoms with van der Waals surface area (Å²) in [5, 5.41) is 5.19. The van der Waals surface area contributed by atoms with E-state index in [1.807, 2.05) is 11.3 Å². The van der Waals surface area contributed by atoms with Gasteiger partial charge in [-0.1, -0.05) is 186 Å². The highest BCUT2D eigenvalue weighted by molar-refractivity contribution is 7.19. The molecule has 4 unspecified atom stereocenters. The van der Waals surface area contributed by atoms with Gasteiger partial charge in [-0.15, -0.1) is 11.3 Å². The summed E-state index contributed by atoms with van der Waals surface area (Å²) in [5.41, 5.74) is 17.7. The lowest BCUT2D eigenvalue weighted by molar-refractivity contribution is 0.407. The molecule has 302 valence electrons. The Bertz CT molecular complexity index is 3170. The van der Waals surface area contributed by atoms with Gasteiger partial charge in [-0.25, -0.2) is 9.98 Å². The number of nitrogens with one attached hydrogen (secondary N) is 1. The Morgan fingerprint density at radius 2 is 1.42 bits per heavy atom. The van der Waals surface area contributed by atoms with Crippen LogP contribution in [0.15, 0.2) is 168 Å². The Hall–Kier alpha value is -6.36. The number of thiophene rings is 1. The van der Waals surface area contributed by atoms with Crippen molar-refractivity contribution < 1.29 is 0 Å². The molecule has 4 atom stereocenters. The second-order valence-electron chi connectivity index (χ2n) is 19.0. The SMILES string of the molecule is CC1C=Cc2c(sc3cc(C4=NC(c5ccccc5)NC(c5ccc(C6=CC=CC7c8ccccc8C(C)(C)C67)cc5-c5cccc6c5C(C)(C)c5ccccc5-6)=N4)ccc23)C1. The van der Waals surface area contributed by atoms with E-state index in [2.05, 4.69) is 204 Å². The summed E-state index contributed by atoms with van der Waals surface area (Å²) in [4.78, 5) is 12.4. The Kier molecular flexibility index (Phi) is 8.34. The van der Waals surface area contributed by atoms with Crippen molar-refractivity contribution in [2.45, 2.75) is 64.0 Å². The third-order valence-corrected chi connectivity index (χ3v) is 15.8. The Morgan fingerprint density at radius 3 is 2.27 bits per heavy atom. The molecule has 2 heterocycles. The number of fused-ring (bicyclic) bond motifs is 9. The second-order valence-corrected chi connectivity index (χ2v) is 20.2. The molecule has 0 amide bonds. The first kappa shape index (κ1) is 37.4. The van der Waals surface area contributed by atoms with Crippen LogP contribution in [0.5, 0.6) is 0 Å². The third-order valence-electron chi connectivity index (χ3n) is 14.6. The van der Waals surface area contributed by atoms with Crippen molar-refractivity contribution in [3.8, 4) is 22.3 Å². The first-order valence-electron chi connectivity index (χ1n) is 22.2. The summed E-state index contributed by atoms with van der Waals surface area (Å²) in [6, 6.07) is 49.6. The predicted molar refractivity (Wildman–Crippen MR) is 261 cm³/mol. The predicted octanol–water partition coefficient (Wildman–Crippen LogP) is 14.2. The van der Waals surface area contributed by atoms with Gasteiger partial charge in [0.25, 0.3) is 0 Å². The van der Waals surface area contributed by atoms with Gasteiger partial charge in [0.15, 0.2) is 5.84 Å². The Morgan fingerprint density at radius 1 is 0.677 bits per heavy atom. The molecule has 1 aromatic heterocycles. The summed E-state index contributed by atoms with van der Waals surface area (Å²) < 4.78 is 1.29. The van der Waals surface area contributed by atoms with Crippen LogP contribution >= 0.6 is 11.3 Å². The van der Waals surface area contributed by atoms with Gasteiger partial charge in [-0.2, -0.15) is 0 Å². The molecular formula is C58H49N3S. The minimum atomic E-state index is -0.311. The maximum absolute atomic E-state index is 5.52. The monoisotopic (exact) mass is 819 g/mol. The minimum Gasteiger partial charge on any atom is -0.344 e. The van der Waals surface area contributed by atoms with Crippen LogP contribution in [0, 0.1) is 11.8 Å². The fraction of sp³-hybridized carbons (Fsp3) is 0.207. The molecule has 7 aromatic rings. The van der Waals surface area contributed by atoms with Crippen LogP contribution in [-0.2, 0) is 17.3 Å². The molecule has 5 aliphatic rings. The summed E-state index contributed by atoms with van der Waals surface area (Å²) in [6.07, 6.45) is 12.5. The molecule has 62 heavy (non-hydrogen) atoms. The number of hydrogen-bond donors (Lipinski definition) is 1. The lowest BCUT2D eigenvalue weighted by Gasteiger charge is -2.35. The standard InChI is InChI=1S/C58H49N3S/c1-34-25-28-41-42-29-27-37(33-51(42)62-50(41)31-34)55-59-54(35-15-7-6-8-16-35)60-56(61-55)46-30-26-36(38-19-13-20-43-39-17-9-11-23-48(39)57(2,3)52(38)43)32-47(46)45-22-14-21-44-40-18-10-12-24-49(40)58(4,5)53(44)45/h6-30,32-34,43,52,54H,31H2,1-5H3,(H,59,60,61). The van der Waals surface area contributed by atoms with Crippen LogP contribution in [0.3, 0.4) is 0 Å². The molecule has 0 fully saturated rings. The summed E-state index contributed by atoms with van der Waals surface area (Å²) in [5.74, 6) is 2.79. The summed E-state index contributed by atoms with van der Waals surface area (Å²) >= 11 is 1.92. The lowest BCUT2D eigenvalue weighted by Crippen LogP contribution is -2.34. The average Bonchev–Trinajstić information content (AvgIpc) is 3.87. The zero-order valence-corrected chi connectivity index (χ0v) is 36.7. The van der Waals surface area contributed by atoms with Crippen LogP contribution in [0.1, 0.15) is 102 Å². The fourth-order valence-electron chi connectivity index (χ4n) is 11.6. The van der Waals surface area contributed by atoms with Gasteiger partial charge in [-0.05, 0) is 102 Å². The van der Waals surface area contributed by atoms with Crippen molar-refractivity contribution >= 4 is 44.7 Å². The molecule has 4 heteroatoms. The maximum atomic E-state index is 5.52. The van der Waals surface area contributed by atoms with E-state index in [9.17, 15) is 0 Å². The second kappa shape index (κ2) is 13.8. The van der Waals surface area contributed by atoms with E-state index in [4.69, 9.17) is 9.98 Å². The van der Waals surface area contributed by atoms with E-state index in [1.54, 1.807) is 0 Å². The van der Waals surface area contributed by atoms with Crippen molar-refractivity contribution in [3.63, 3.8) is 0 Å². The van der Waals surface area contributed by atoms with E-state index >= 15 is 0 Å². The number of benzene rings is 6. The highest BCUT2D eigenvalue weighted by Gasteiger charge is 2.48. The Balaban J connectivity index is 1.06. The van der Waals surface area contributed by atoms with Crippen molar-refractivity contribution in [1.82, 2.24) is 5.32 Å². The van der Waals surface area contributed by atoms with E-state index in [-0.39, 0.29) is 17.0 Å². The summed E-state index contributed by atoms with van der Waals surface area (Å²) in [6.45, 7) is 12.0. The van der Waals surface area contributed by atoms with Crippen molar-refractivity contribution in [1.29, 1.82) is 0 Å². The highest BCUT2D eigenvalue weighted by Crippen LogP contribution is 2.58. The molecule has 6 aromatic carbocycles. The maximum Gasteiger partial charge on any atom is 0.159 e.